The largest absolute Gasteiger partial charge is 0.433 e. The van der Waals surface area contributed by atoms with Gasteiger partial charge >= 0.3 is 6.61 Å². The van der Waals surface area contributed by atoms with Crippen molar-refractivity contribution in [1.29, 1.82) is 5.26 Å². The zero-order chi connectivity index (χ0) is 12.3. The van der Waals surface area contributed by atoms with Gasteiger partial charge in [-0.25, -0.2) is 0 Å². The van der Waals surface area contributed by atoms with E-state index in [0.717, 1.165) is 0 Å². The summed E-state index contributed by atoms with van der Waals surface area (Å²) in [6.07, 6.45) is 0. The van der Waals surface area contributed by atoms with Crippen molar-refractivity contribution >= 4 is 11.6 Å². The van der Waals surface area contributed by atoms with Crippen LogP contribution >= 0.6 is 11.6 Å². The number of rotatable bonds is 3. The van der Waals surface area contributed by atoms with Crippen LogP contribution in [0.5, 0.6) is 5.75 Å². The third kappa shape index (κ3) is 2.83. The molecule has 0 aliphatic heterocycles. The van der Waals surface area contributed by atoms with Gasteiger partial charge in [0.05, 0.1) is 16.5 Å². The number of hydrogen-bond acceptors (Lipinski definition) is 2. The Morgan fingerprint density at radius 3 is 2.50 bits per heavy atom. The first-order valence-corrected chi connectivity index (χ1v) is 4.90. The third-order valence-electron chi connectivity index (χ3n) is 2.15. The normalized spacial score (nSPS) is 11.3. The minimum Gasteiger partial charge on any atom is -0.433 e. The summed E-state index contributed by atoms with van der Waals surface area (Å²) in [6.45, 7) is 0.519. The van der Waals surface area contributed by atoms with Crippen LogP contribution in [-0.4, -0.2) is 6.61 Å². The lowest BCUT2D eigenvalue weighted by Gasteiger charge is -2.17. The van der Waals surface area contributed by atoms with Gasteiger partial charge in [-0.05, 0) is 31.5 Å². The van der Waals surface area contributed by atoms with Crippen LogP contribution in [0.4, 0.5) is 8.78 Å². The van der Waals surface area contributed by atoms with E-state index in [9.17, 15) is 8.78 Å². The highest BCUT2D eigenvalue weighted by atomic mass is 35.5. The molecule has 16 heavy (non-hydrogen) atoms. The highest BCUT2D eigenvalue weighted by Crippen LogP contribution is 2.31. The average molecular weight is 246 g/mol. The molecule has 0 aliphatic rings. The van der Waals surface area contributed by atoms with Gasteiger partial charge in [-0.1, -0.05) is 17.7 Å². The predicted octanol–water partition coefficient (Wildman–Crippen LogP) is 3.74. The van der Waals surface area contributed by atoms with Gasteiger partial charge in [0.2, 0.25) is 0 Å². The van der Waals surface area contributed by atoms with E-state index in [2.05, 4.69) is 10.8 Å². The van der Waals surface area contributed by atoms with Crippen molar-refractivity contribution in [3.05, 3.63) is 28.8 Å². The maximum atomic E-state index is 12.0. The smallest absolute Gasteiger partial charge is 0.387 e. The zero-order valence-corrected chi connectivity index (χ0v) is 9.55. The van der Waals surface area contributed by atoms with E-state index >= 15 is 0 Å². The van der Waals surface area contributed by atoms with E-state index in [1.807, 2.05) is 0 Å². The molecule has 1 aromatic carbocycles. The Morgan fingerprint density at radius 1 is 1.44 bits per heavy atom. The lowest BCUT2D eigenvalue weighted by molar-refractivity contribution is -0.0497. The van der Waals surface area contributed by atoms with Crippen molar-refractivity contribution < 1.29 is 13.5 Å². The number of alkyl halides is 2. The number of benzene rings is 1. The van der Waals surface area contributed by atoms with Crippen LogP contribution in [0.15, 0.2) is 18.2 Å². The number of halogens is 3. The highest BCUT2D eigenvalue weighted by Gasteiger charge is 2.21. The van der Waals surface area contributed by atoms with E-state index < -0.39 is 12.0 Å². The Hall–Kier alpha value is -1.34. The quantitative estimate of drug-likeness (QED) is 0.813. The first-order valence-electron chi connectivity index (χ1n) is 4.53. The van der Waals surface area contributed by atoms with Crippen LogP contribution in [0.2, 0.25) is 5.02 Å². The van der Waals surface area contributed by atoms with E-state index in [-0.39, 0.29) is 10.8 Å². The number of ether oxygens (including phenoxy) is 1. The molecule has 0 aromatic heterocycles. The fourth-order valence-electron chi connectivity index (χ4n) is 1.15. The summed E-state index contributed by atoms with van der Waals surface area (Å²) in [4.78, 5) is 0. The Balaban J connectivity index is 3.05. The molecule has 0 heterocycles. The van der Waals surface area contributed by atoms with E-state index in [0.29, 0.717) is 5.56 Å². The van der Waals surface area contributed by atoms with Crippen LogP contribution in [0.1, 0.15) is 19.4 Å². The van der Waals surface area contributed by atoms with Crippen LogP contribution in [0, 0.1) is 11.3 Å². The minimum absolute atomic E-state index is 0.0705. The number of nitriles is 1. The molecule has 1 rings (SSSR count). The second-order valence-electron chi connectivity index (χ2n) is 3.76. The minimum atomic E-state index is -2.91. The second kappa shape index (κ2) is 4.67. The molecule has 1 aromatic rings. The molecule has 0 N–H and O–H groups in total. The molecule has 0 saturated heterocycles. The van der Waals surface area contributed by atoms with Crippen molar-refractivity contribution in [2.45, 2.75) is 25.9 Å². The Morgan fingerprint density at radius 2 is 2.06 bits per heavy atom. The van der Waals surface area contributed by atoms with Gasteiger partial charge < -0.3 is 4.74 Å². The molecule has 0 saturated carbocycles. The lowest BCUT2D eigenvalue weighted by Crippen LogP contribution is -2.14. The first-order chi connectivity index (χ1) is 7.36. The van der Waals surface area contributed by atoms with Gasteiger partial charge in [0.25, 0.3) is 0 Å². The second-order valence-corrected chi connectivity index (χ2v) is 4.17. The van der Waals surface area contributed by atoms with Crippen LogP contribution in [-0.2, 0) is 5.41 Å². The highest BCUT2D eigenvalue weighted by molar-refractivity contribution is 6.32. The molecule has 0 atom stereocenters. The molecule has 0 unspecified atom stereocenters. The van der Waals surface area contributed by atoms with Crippen molar-refractivity contribution in [3.63, 3.8) is 0 Å². The standard InChI is InChI=1S/C11H10ClF2NO/c1-11(2,6-15)7-3-4-9(8(12)5-7)16-10(13)14/h3-5,10H,1-2H3. The van der Waals surface area contributed by atoms with Gasteiger partial charge in [0.1, 0.15) is 5.75 Å². The molecule has 0 amide bonds. The maximum Gasteiger partial charge on any atom is 0.387 e. The Bertz CT molecular complexity index is 426. The summed E-state index contributed by atoms with van der Waals surface area (Å²) < 4.78 is 28.1. The fraction of sp³-hybridized carbons (Fsp3) is 0.364. The Labute approximate surface area is 97.4 Å². The molecule has 2 nitrogen and oxygen atoms in total. The molecule has 86 valence electrons. The predicted molar refractivity (Wildman–Crippen MR) is 56.7 cm³/mol. The van der Waals surface area contributed by atoms with Crippen LogP contribution in [0.3, 0.4) is 0 Å². The van der Waals surface area contributed by atoms with Crippen LogP contribution < -0.4 is 4.74 Å². The summed E-state index contributed by atoms with van der Waals surface area (Å²) in [6, 6.07) is 6.44. The molecular formula is C11H10ClF2NO. The molecular weight excluding hydrogens is 236 g/mol. The van der Waals surface area contributed by atoms with Crippen molar-refractivity contribution in [1.82, 2.24) is 0 Å². The van der Waals surface area contributed by atoms with Gasteiger partial charge in [0.15, 0.2) is 0 Å². The van der Waals surface area contributed by atoms with E-state index in [4.69, 9.17) is 16.9 Å². The molecule has 5 heteroatoms. The van der Waals surface area contributed by atoms with Crippen molar-refractivity contribution in [2.75, 3.05) is 0 Å². The van der Waals surface area contributed by atoms with Crippen molar-refractivity contribution in [2.24, 2.45) is 0 Å². The maximum absolute atomic E-state index is 12.0. The van der Waals surface area contributed by atoms with Gasteiger partial charge in [-0.2, -0.15) is 14.0 Å². The topological polar surface area (TPSA) is 33.0 Å². The molecule has 0 aliphatic carbocycles. The SMILES string of the molecule is CC(C)(C#N)c1ccc(OC(F)F)c(Cl)c1. The van der Waals surface area contributed by atoms with Crippen molar-refractivity contribution in [3.8, 4) is 11.8 Å². The molecule has 0 bridgehead atoms. The molecule has 0 fully saturated rings. The molecule has 0 radical (unpaired) electrons. The third-order valence-corrected chi connectivity index (χ3v) is 2.44. The Kier molecular flexibility index (Phi) is 3.71. The summed E-state index contributed by atoms with van der Waals surface area (Å²) >= 11 is 5.77. The van der Waals surface area contributed by atoms with Crippen LogP contribution in [0.25, 0.3) is 0 Å². The first kappa shape index (κ1) is 12.7. The summed E-state index contributed by atoms with van der Waals surface area (Å²) in [7, 11) is 0. The summed E-state index contributed by atoms with van der Waals surface area (Å²) in [5, 5.41) is 8.98. The van der Waals surface area contributed by atoms with Gasteiger partial charge in [-0.15, -0.1) is 0 Å². The zero-order valence-electron chi connectivity index (χ0n) is 8.80. The summed E-state index contributed by atoms with van der Waals surface area (Å²) in [5.74, 6) is -0.0887. The molecule has 0 spiro atoms. The van der Waals surface area contributed by atoms with Gasteiger partial charge in [0, 0.05) is 0 Å². The monoisotopic (exact) mass is 245 g/mol. The summed E-state index contributed by atoms with van der Waals surface area (Å²) in [5.41, 5.74) is -0.0610. The lowest BCUT2D eigenvalue weighted by atomic mass is 9.86. The fourth-order valence-corrected chi connectivity index (χ4v) is 1.37. The number of hydrogen-bond donors (Lipinski definition) is 0. The number of nitrogens with zero attached hydrogens (tertiary/aromatic N) is 1. The average Bonchev–Trinajstić information content (AvgIpc) is 2.20. The van der Waals surface area contributed by atoms with E-state index in [1.165, 1.54) is 12.1 Å². The van der Waals surface area contributed by atoms with E-state index in [1.54, 1.807) is 19.9 Å². The van der Waals surface area contributed by atoms with Gasteiger partial charge in [-0.3, -0.25) is 0 Å².